The molecule has 0 saturated carbocycles. The minimum Gasteiger partial charge on any atom is -0.380 e. The van der Waals surface area contributed by atoms with Crippen molar-refractivity contribution in [3.63, 3.8) is 0 Å². The Hall–Kier alpha value is -1.40. The van der Waals surface area contributed by atoms with E-state index >= 15 is 0 Å². The number of unbranched alkanes of at least 4 members (excludes halogenated alkanes) is 1. The Kier molecular flexibility index (Phi) is 4.94. The monoisotopic (exact) mass is 224 g/mol. The largest absolute Gasteiger partial charge is 0.380 e. The molecule has 1 atom stereocenters. The van der Waals surface area contributed by atoms with Gasteiger partial charge in [0.25, 0.3) is 0 Å². The SMILES string of the molecule is CCCCC(O)C#Cc1ccc(F)c(F)c1. The first-order valence-corrected chi connectivity index (χ1v) is 5.28. The molecule has 1 aromatic rings. The molecule has 0 aliphatic heterocycles. The molecule has 0 radical (unpaired) electrons. The summed E-state index contributed by atoms with van der Waals surface area (Å²) in [6.07, 6.45) is 1.79. The maximum absolute atomic E-state index is 12.8. The third-order valence-corrected chi connectivity index (χ3v) is 2.13. The maximum atomic E-state index is 12.8. The van der Waals surface area contributed by atoms with Gasteiger partial charge in [-0.25, -0.2) is 8.78 Å². The second-order valence-corrected chi connectivity index (χ2v) is 3.56. The Morgan fingerprint density at radius 1 is 1.31 bits per heavy atom. The Morgan fingerprint density at radius 3 is 2.69 bits per heavy atom. The lowest BCUT2D eigenvalue weighted by Crippen LogP contribution is -2.01. The molecule has 0 amide bonds. The molecule has 1 aromatic carbocycles. The Morgan fingerprint density at radius 2 is 2.06 bits per heavy atom. The van der Waals surface area contributed by atoms with Gasteiger partial charge in [0, 0.05) is 5.56 Å². The number of benzene rings is 1. The molecule has 1 nitrogen and oxygen atoms in total. The van der Waals surface area contributed by atoms with Crippen LogP contribution in [0.3, 0.4) is 0 Å². The lowest BCUT2D eigenvalue weighted by Gasteiger charge is -2.00. The van der Waals surface area contributed by atoms with Crippen LogP contribution in [0.15, 0.2) is 18.2 Å². The van der Waals surface area contributed by atoms with Gasteiger partial charge in [0.05, 0.1) is 0 Å². The zero-order valence-electron chi connectivity index (χ0n) is 9.13. The van der Waals surface area contributed by atoms with Crippen LogP contribution in [0.1, 0.15) is 31.7 Å². The summed E-state index contributed by atoms with van der Waals surface area (Å²) in [4.78, 5) is 0. The number of halogens is 2. The van der Waals surface area contributed by atoms with Crippen LogP contribution in [0.2, 0.25) is 0 Å². The molecular weight excluding hydrogens is 210 g/mol. The third kappa shape index (κ3) is 4.00. The van der Waals surface area contributed by atoms with Crippen LogP contribution in [-0.4, -0.2) is 11.2 Å². The van der Waals surface area contributed by atoms with Gasteiger partial charge < -0.3 is 5.11 Å². The Balaban J connectivity index is 2.65. The van der Waals surface area contributed by atoms with Crippen LogP contribution in [0.4, 0.5) is 8.78 Å². The van der Waals surface area contributed by atoms with E-state index in [0.717, 1.165) is 25.0 Å². The van der Waals surface area contributed by atoms with E-state index in [-0.39, 0.29) is 0 Å². The second kappa shape index (κ2) is 6.24. The quantitative estimate of drug-likeness (QED) is 0.783. The minimum atomic E-state index is -0.921. The van der Waals surface area contributed by atoms with E-state index < -0.39 is 17.7 Å². The van der Waals surface area contributed by atoms with Crippen LogP contribution in [0.5, 0.6) is 0 Å². The molecule has 86 valence electrons. The molecule has 0 aromatic heterocycles. The normalized spacial score (nSPS) is 11.8. The van der Waals surface area contributed by atoms with E-state index in [1.807, 2.05) is 6.92 Å². The minimum absolute atomic E-state index is 0.370. The predicted octanol–water partition coefficient (Wildman–Crippen LogP) is 2.87. The molecule has 1 unspecified atom stereocenters. The highest BCUT2D eigenvalue weighted by atomic mass is 19.2. The summed E-state index contributed by atoms with van der Waals surface area (Å²) in [6.45, 7) is 2.02. The highest BCUT2D eigenvalue weighted by Gasteiger charge is 2.01. The van der Waals surface area contributed by atoms with Crippen molar-refractivity contribution in [3.05, 3.63) is 35.4 Å². The van der Waals surface area contributed by atoms with Gasteiger partial charge in [-0.1, -0.05) is 31.6 Å². The fraction of sp³-hybridized carbons (Fsp3) is 0.385. The molecule has 1 N–H and O–H groups in total. The first kappa shape index (κ1) is 12.7. The number of hydrogen-bond acceptors (Lipinski definition) is 1. The molecule has 16 heavy (non-hydrogen) atoms. The predicted molar refractivity (Wildman–Crippen MR) is 58.8 cm³/mol. The van der Waals surface area contributed by atoms with Crippen molar-refractivity contribution in [2.75, 3.05) is 0 Å². The number of rotatable bonds is 3. The van der Waals surface area contributed by atoms with Crippen LogP contribution < -0.4 is 0 Å². The van der Waals surface area contributed by atoms with Gasteiger partial charge in [-0.15, -0.1) is 0 Å². The summed E-state index contributed by atoms with van der Waals surface area (Å²) in [5.41, 5.74) is 0.370. The summed E-state index contributed by atoms with van der Waals surface area (Å²) in [6, 6.07) is 3.44. The van der Waals surface area contributed by atoms with Crippen molar-refractivity contribution in [1.29, 1.82) is 0 Å². The summed E-state index contributed by atoms with van der Waals surface area (Å²) in [5, 5.41) is 9.42. The van der Waals surface area contributed by atoms with Gasteiger partial charge in [-0.3, -0.25) is 0 Å². The molecular formula is C13H14F2O. The van der Waals surface area contributed by atoms with Crippen molar-refractivity contribution in [2.45, 2.75) is 32.3 Å². The average molecular weight is 224 g/mol. The lowest BCUT2D eigenvalue weighted by molar-refractivity contribution is 0.218. The van der Waals surface area contributed by atoms with Gasteiger partial charge in [0.1, 0.15) is 6.10 Å². The van der Waals surface area contributed by atoms with Crippen LogP contribution >= 0.6 is 0 Å². The standard InChI is InChI=1S/C13H14F2O/c1-2-3-4-11(16)7-5-10-6-8-12(14)13(15)9-10/h6,8-9,11,16H,2-4H2,1H3. The lowest BCUT2D eigenvalue weighted by atomic mass is 10.1. The molecule has 0 bridgehead atoms. The number of hydrogen-bond donors (Lipinski definition) is 1. The molecule has 1 rings (SSSR count). The molecule has 3 heteroatoms. The molecule has 0 heterocycles. The zero-order chi connectivity index (χ0) is 12.0. The van der Waals surface area contributed by atoms with E-state index in [1.54, 1.807) is 0 Å². The summed E-state index contributed by atoms with van der Waals surface area (Å²) >= 11 is 0. The van der Waals surface area contributed by atoms with E-state index in [9.17, 15) is 13.9 Å². The zero-order valence-corrected chi connectivity index (χ0v) is 9.13. The fourth-order valence-corrected chi connectivity index (χ4v) is 1.21. The highest BCUT2D eigenvalue weighted by molar-refractivity contribution is 5.35. The Labute approximate surface area is 94.1 Å². The molecule has 0 aliphatic rings. The van der Waals surface area contributed by atoms with E-state index in [0.29, 0.717) is 12.0 Å². The van der Waals surface area contributed by atoms with Crippen molar-refractivity contribution >= 4 is 0 Å². The maximum Gasteiger partial charge on any atom is 0.160 e. The van der Waals surface area contributed by atoms with Crippen molar-refractivity contribution in [1.82, 2.24) is 0 Å². The molecule has 0 fully saturated rings. The summed E-state index contributed by atoms with van der Waals surface area (Å²) < 4.78 is 25.4. The van der Waals surface area contributed by atoms with E-state index in [2.05, 4.69) is 11.8 Å². The summed E-state index contributed by atoms with van der Waals surface area (Å²) in [5.74, 6) is 3.40. The van der Waals surface area contributed by atoms with Crippen molar-refractivity contribution in [3.8, 4) is 11.8 Å². The average Bonchev–Trinajstić information content (AvgIpc) is 2.28. The molecule has 0 aliphatic carbocycles. The van der Waals surface area contributed by atoms with Gasteiger partial charge in [-0.2, -0.15) is 0 Å². The van der Waals surface area contributed by atoms with Crippen LogP contribution in [0.25, 0.3) is 0 Å². The Bertz CT molecular complexity index is 404. The van der Waals surface area contributed by atoms with Gasteiger partial charge in [-0.05, 0) is 24.6 Å². The van der Waals surface area contributed by atoms with E-state index in [4.69, 9.17) is 0 Å². The van der Waals surface area contributed by atoms with Gasteiger partial charge in [0.2, 0.25) is 0 Å². The number of aliphatic hydroxyl groups is 1. The topological polar surface area (TPSA) is 20.2 Å². The van der Waals surface area contributed by atoms with Crippen molar-refractivity contribution < 1.29 is 13.9 Å². The highest BCUT2D eigenvalue weighted by Crippen LogP contribution is 2.07. The van der Waals surface area contributed by atoms with E-state index in [1.165, 1.54) is 6.07 Å². The first-order chi connectivity index (χ1) is 7.63. The first-order valence-electron chi connectivity index (χ1n) is 5.28. The number of aliphatic hydroxyl groups excluding tert-OH is 1. The van der Waals surface area contributed by atoms with Crippen LogP contribution in [0, 0.1) is 23.5 Å². The fourth-order valence-electron chi connectivity index (χ4n) is 1.21. The smallest absolute Gasteiger partial charge is 0.160 e. The van der Waals surface area contributed by atoms with Gasteiger partial charge in [0.15, 0.2) is 11.6 Å². The van der Waals surface area contributed by atoms with Crippen molar-refractivity contribution in [2.24, 2.45) is 0 Å². The summed E-state index contributed by atoms with van der Waals surface area (Å²) in [7, 11) is 0. The second-order valence-electron chi connectivity index (χ2n) is 3.56. The van der Waals surface area contributed by atoms with Gasteiger partial charge >= 0.3 is 0 Å². The molecule has 0 saturated heterocycles. The third-order valence-electron chi connectivity index (χ3n) is 2.13. The molecule has 0 spiro atoms. The van der Waals surface area contributed by atoms with Crippen LogP contribution in [-0.2, 0) is 0 Å².